The molecule has 0 N–H and O–H groups in total. The topological polar surface area (TPSA) is 49.9 Å². The number of carbonyl (C=O) groups is 2. The van der Waals surface area contributed by atoms with Crippen molar-refractivity contribution in [2.24, 2.45) is 0 Å². The van der Waals surface area contributed by atoms with Crippen molar-refractivity contribution >= 4 is 11.9 Å². The van der Waals surface area contributed by atoms with Gasteiger partial charge in [-0.2, -0.15) is 0 Å². The summed E-state index contributed by atoms with van der Waals surface area (Å²) in [6, 6.07) is 9.57. The summed E-state index contributed by atoms with van der Waals surface area (Å²) in [7, 11) is 1.88. The second-order valence-corrected chi connectivity index (χ2v) is 6.54. The molecule has 0 bridgehead atoms. The first-order valence-corrected chi connectivity index (χ1v) is 8.72. The van der Waals surface area contributed by atoms with Gasteiger partial charge in [-0.15, -0.1) is 0 Å². The molecule has 132 valence electrons. The van der Waals surface area contributed by atoms with Crippen molar-refractivity contribution in [3.8, 4) is 0 Å². The number of benzene rings is 1. The third-order valence-corrected chi connectivity index (χ3v) is 4.59. The summed E-state index contributed by atoms with van der Waals surface area (Å²) >= 11 is 0. The zero-order valence-corrected chi connectivity index (χ0v) is 14.9. The quantitative estimate of drug-likeness (QED) is 0.751. The number of amides is 1. The van der Waals surface area contributed by atoms with Crippen molar-refractivity contribution in [3.63, 3.8) is 0 Å². The minimum absolute atomic E-state index is 0.0824. The molecule has 1 amide bonds. The molecule has 0 spiro atoms. The minimum atomic E-state index is -0.719. The molecule has 1 aliphatic rings. The molecule has 1 aliphatic heterocycles. The lowest BCUT2D eigenvalue weighted by Crippen LogP contribution is -2.45. The van der Waals surface area contributed by atoms with Gasteiger partial charge in [-0.25, -0.2) is 0 Å². The standard InChI is InChI=1S/C19H28N2O3/c1-15(20(3)14-17-10-6-4-7-11-17)19(23)24-16(2)18(22)21-12-8-5-9-13-21/h4,6-7,10-11,15-16H,5,8-9,12-14H2,1-3H3. The maximum Gasteiger partial charge on any atom is 0.323 e. The monoisotopic (exact) mass is 332 g/mol. The molecule has 1 heterocycles. The third-order valence-electron chi connectivity index (χ3n) is 4.59. The first-order chi connectivity index (χ1) is 11.5. The minimum Gasteiger partial charge on any atom is -0.451 e. The van der Waals surface area contributed by atoms with Crippen LogP contribution in [0.5, 0.6) is 0 Å². The number of esters is 1. The Morgan fingerprint density at radius 2 is 1.75 bits per heavy atom. The zero-order chi connectivity index (χ0) is 17.5. The summed E-state index contributed by atoms with van der Waals surface area (Å²) in [4.78, 5) is 28.4. The molecule has 1 fully saturated rings. The molecule has 2 rings (SSSR count). The van der Waals surface area contributed by atoms with Crippen LogP contribution in [0.15, 0.2) is 30.3 Å². The Hall–Kier alpha value is -1.88. The number of rotatable bonds is 6. The van der Waals surface area contributed by atoms with Gasteiger partial charge in [0.25, 0.3) is 5.91 Å². The summed E-state index contributed by atoms with van der Waals surface area (Å²) in [5.41, 5.74) is 1.14. The number of nitrogens with zero attached hydrogens (tertiary/aromatic N) is 2. The van der Waals surface area contributed by atoms with E-state index in [1.54, 1.807) is 11.8 Å². The predicted octanol–water partition coefficient (Wildman–Crippen LogP) is 2.45. The van der Waals surface area contributed by atoms with Crippen LogP contribution in [0.4, 0.5) is 0 Å². The summed E-state index contributed by atoms with van der Waals surface area (Å²) in [5.74, 6) is -0.438. The highest BCUT2D eigenvalue weighted by Crippen LogP contribution is 2.13. The number of likely N-dealkylation sites (tertiary alicyclic amines) is 1. The summed E-state index contributed by atoms with van der Waals surface area (Å²) in [6.07, 6.45) is 2.51. The van der Waals surface area contributed by atoms with E-state index >= 15 is 0 Å². The van der Waals surface area contributed by atoms with Gasteiger partial charge in [0, 0.05) is 19.6 Å². The van der Waals surface area contributed by atoms with Gasteiger partial charge in [-0.05, 0) is 45.7 Å². The van der Waals surface area contributed by atoms with E-state index in [0.29, 0.717) is 6.54 Å². The fraction of sp³-hybridized carbons (Fsp3) is 0.579. The molecule has 0 aliphatic carbocycles. The second-order valence-electron chi connectivity index (χ2n) is 6.54. The normalized spacial score (nSPS) is 17.4. The van der Waals surface area contributed by atoms with Gasteiger partial charge < -0.3 is 9.64 Å². The van der Waals surface area contributed by atoms with Crippen molar-refractivity contribution in [1.29, 1.82) is 0 Å². The fourth-order valence-corrected chi connectivity index (χ4v) is 2.88. The van der Waals surface area contributed by atoms with Crippen LogP contribution in [0, 0.1) is 0 Å². The van der Waals surface area contributed by atoms with Crippen LogP contribution in [0.2, 0.25) is 0 Å². The number of piperidine rings is 1. The average molecular weight is 332 g/mol. The molecule has 0 radical (unpaired) electrons. The molecule has 0 saturated carbocycles. The second kappa shape index (κ2) is 8.83. The Kier molecular flexibility index (Phi) is 6.79. The Morgan fingerprint density at radius 3 is 2.38 bits per heavy atom. The van der Waals surface area contributed by atoms with Crippen molar-refractivity contribution < 1.29 is 14.3 Å². The highest BCUT2D eigenvalue weighted by molar-refractivity contribution is 5.84. The number of likely N-dealkylation sites (N-methyl/N-ethyl adjacent to an activating group) is 1. The van der Waals surface area contributed by atoms with Crippen LogP contribution in [0.1, 0.15) is 38.7 Å². The lowest BCUT2D eigenvalue weighted by atomic mass is 10.1. The Morgan fingerprint density at radius 1 is 1.12 bits per heavy atom. The first-order valence-electron chi connectivity index (χ1n) is 8.72. The molecule has 1 aromatic rings. The van der Waals surface area contributed by atoms with Crippen LogP contribution < -0.4 is 0 Å². The highest BCUT2D eigenvalue weighted by atomic mass is 16.5. The van der Waals surface area contributed by atoms with E-state index in [9.17, 15) is 9.59 Å². The molecule has 2 unspecified atom stereocenters. The van der Waals surface area contributed by atoms with Crippen molar-refractivity contribution in [1.82, 2.24) is 9.80 Å². The number of ether oxygens (including phenoxy) is 1. The summed E-state index contributed by atoms with van der Waals surface area (Å²) < 4.78 is 5.41. The molecular formula is C19H28N2O3. The molecule has 5 heteroatoms. The van der Waals surface area contributed by atoms with Crippen LogP contribution in [-0.4, -0.2) is 54.0 Å². The first kappa shape index (κ1) is 18.5. The van der Waals surface area contributed by atoms with Gasteiger partial charge in [0.15, 0.2) is 6.10 Å². The van der Waals surface area contributed by atoms with E-state index in [1.165, 1.54) is 6.42 Å². The van der Waals surface area contributed by atoms with Crippen molar-refractivity contribution in [2.75, 3.05) is 20.1 Å². The molecule has 1 aromatic carbocycles. The fourth-order valence-electron chi connectivity index (χ4n) is 2.88. The van der Waals surface area contributed by atoms with Gasteiger partial charge in [0.05, 0.1) is 0 Å². The van der Waals surface area contributed by atoms with E-state index in [0.717, 1.165) is 31.5 Å². The summed E-state index contributed by atoms with van der Waals surface area (Å²) in [6.45, 7) is 5.67. The molecular weight excluding hydrogens is 304 g/mol. The SMILES string of the molecule is CC(OC(=O)C(C)N(C)Cc1ccccc1)C(=O)N1CCCCC1. The van der Waals surface area contributed by atoms with Gasteiger partial charge >= 0.3 is 5.97 Å². The Labute approximate surface area is 144 Å². The smallest absolute Gasteiger partial charge is 0.323 e. The van der Waals surface area contributed by atoms with Crippen LogP contribution >= 0.6 is 0 Å². The van der Waals surface area contributed by atoms with Gasteiger partial charge in [0.2, 0.25) is 0 Å². The predicted molar refractivity (Wildman–Crippen MR) is 93.4 cm³/mol. The Balaban J connectivity index is 1.84. The molecule has 1 saturated heterocycles. The van der Waals surface area contributed by atoms with E-state index in [4.69, 9.17) is 4.74 Å². The number of hydrogen-bond acceptors (Lipinski definition) is 4. The van der Waals surface area contributed by atoms with Crippen LogP contribution in [0.3, 0.4) is 0 Å². The number of hydrogen-bond donors (Lipinski definition) is 0. The molecule has 0 aromatic heterocycles. The van der Waals surface area contributed by atoms with Crippen molar-refractivity contribution in [3.05, 3.63) is 35.9 Å². The lowest BCUT2D eigenvalue weighted by Gasteiger charge is -2.30. The maximum atomic E-state index is 12.4. The molecule has 2 atom stereocenters. The average Bonchev–Trinajstić information content (AvgIpc) is 2.61. The Bertz CT molecular complexity index is 541. The third kappa shape index (κ3) is 5.06. The maximum absolute atomic E-state index is 12.4. The molecule has 24 heavy (non-hydrogen) atoms. The largest absolute Gasteiger partial charge is 0.451 e. The van der Waals surface area contributed by atoms with Crippen molar-refractivity contribution in [2.45, 2.75) is 51.8 Å². The number of carbonyl (C=O) groups excluding carboxylic acids is 2. The summed E-state index contributed by atoms with van der Waals surface area (Å²) in [5, 5.41) is 0. The van der Waals surface area contributed by atoms with Gasteiger partial charge in [-0.1, -0.05) is 30.3 Å². The lowest BCUT2D eigenvalue weighted by molar-refractivity contribution is -0.163. The van der Waals surface area contributed by atoms with E-state index in [1.807, 2.05) is 49.2 Å². The van der Waals surface area contributed by atoms with Crippen LogP contribution in [0.25, 0.3) is 0 Å². The van der Waals surface area contributed by atoms with E-state index in [2.05, 4.69) is 0 Å². The van der Waals surface area contributed by atoms with Gasteiger partial charge in [-0.3, -0.25) is 14.5 Å². The van der Waals surface area contributed by atoms with E-state index < -0.39 is 12.1 Å². The zero-order valence-electron chi connectivity index (χ0n) is 14.9. The van der Waals surface area contributed by atoms with Crippen LogP contribution in [-0.2, 0) is 20.9 Å². The van der Waals surface area contributed by atoms with Gasteiger partial charge in [0.1, 0.15) is 6.04 Å². The van der Waals surface area contributed by atoms with E-state index in [-0.39, 0.29) is 11.9 Å². The highest BCUT2D eigenvalue weighted by Gasteiger charge is 2.28. The molecule has 5 nitrogen and oxygen atoms in total.